The molecule has 0 atom stereocenters. The number of phenols is 1. The summed E-state index contributed by atoms with van der Waals surface area (Å²) in [6.45, 7) is 0.310. The summed E-state index contributed by atoms with van der Waals surface area (Å²) in [5.41, 5.74) is 0.782. The molecule has 2 aromatic carbocycles. The Bertz CT molecular complexity index is 631. The molecule has 5 heteroatoms. The van der Waals surface area contributed by atoms with Gasteiger partial charge in [-0.15, -0.1) is 0 Å². The monoisotopic (exact) mass is 385 g/mol. The van der Waals surface area contributed by atoms with Crippen LogP contribution in [0.3, 0.4) is 0 Å². The molecule has 2 N–H and O–H groups in total. The fraction of sp³-hybridized carbons (Fsp3) is 0.133. The van der Waals surface area contributed by atoms with Gasteiger partial charge in [0.1, 0.15) is 11.6 Å². The Balaban J connectivity index is 1.96. The van der Waals surface area contributed by atoms with Crippen molar-refractivity contribution in [2.45, 2.75) is 6.42 Å². The van der Waals surface area contributed by atoms with E-state index < -0.39 is 0 Å². The average Bonchev–Trinajstić information content (AvgIpc) is 2.43. The van der Waals surface area contributed by atoms with E-state index in [2.05, 4.69) is 27.9 Å². The van der Waals surface area contributed by atoms with Crippen LogP contribution in [-0.4, -0.2) is 17.6 Å². The average molecular weight is 385 g/mol. The number of aromatic hydroxyl groups is 1. The number of halogens is 2. The van der Waals surface area contributed by atoms with Crippen molar-refractivity contribution in [2.75, 3.05) is 6.54 Å². The number of carbonyl (C=O) groups is 1. The Morgan fingerprint density at radius 3 is 2.75 bits per heavy atom. The molecule has 0 fully saturated rings. The Kier molecular flexibility index (Phi) is 4.94. The number of phenolic OH excluding ortho intramolecular Hbond substituents is 1. The van der Waals surface area contributed by atoms with Gasteiger partial charge in [0.05, 0.1) is 5.56 Å². The molecule has 0 saturated heterocycles. The van der Waals surface area contributed by atoms with E-state index in [9.17, 15) is 14.3 Å². The summed E-state index contributed by atoms with van der Waals surface area (Å²) in [6, 6.07) is 11.3. The van der Waals surface area contributed by atoms with Gasteiger partial charge >= 0.3 is 0 Å². The van der Waals surface area contributed by atoms with E-state index in [1.807, 2.05) is 0 Å². The van der Waals surface area contributed by atoms with Gasteiger partial charge in [-0.1, -0.05) is 18.2 Å². The van der Waals surface area contributed by atoms with Crippen LogP contribution in [0.5, 0.6) is 5.75 Å². The van der Waals surface area contributed by atoms with Crippen LogP contribution >= 0.6 is 22.6 Å². The fourth-order valence-corrected chi connectivity index (χ4v) is 2.29. The first-order valence-corrected chi connectivity index (χ1v) is 7.16. The Labute approximate surface area is 130 Å². The molecule has 2 aromatic rings. The summed E-state index contributed by atoms with van der Waals surface area (Å²) in [6.07, 6.45) is 0.406. The van der Waals surface area contributed by atoms with Crippen LogP contribution in [0.15, 0.2) is 42.5 Å². The first kappa shape index (κ1) is 14.8. The quantitative estimate of drug-likeness (QED) is 0.795. The van der Waals surface area contributed by atoms with Crippen LogP contribution < -0.4 is 5.32 Å². The maximum absolute atomic E-state index is 13.4. The predicted molar refractivity (Wildman–Crippen MR) is 83.3 cm³/mol. The Morgan fingerprint density at radius 1 is 1.25 bits per heavy atom. The van der Waals surface area contributed by atoms with E-state index in [1.165, 1.54) is 12.1 Å². The molecule has 104 valence electrons. The molecule has 0 spiro atoms. The van der Waals surface area contributed by atoms with Gasteiger partial charge in [-0.2, -0.15) is 0 Å². The van der Waals surface area contributed by atoms with Crippen molar-refractivity contribution in [3.8, 4) is 5.75 Å². The van der Waals surface area contributed by atoms with Crippen molar-refractivity contribution in [2.24, 2.45) is 0 Å². The number of hydrogen-bond donors (Lipinski definition) is 2. The van der Waals surface area contributed by atoms with E-state index >= 15 is 0 Å². The molecule has 2 rings (SSSR count). The minimum Gasteiger partial charge on any atom is -0.507 e. The van der Waals surface area contributed by atoms with Crippen molar-refractivity contribution in [1.82, 2.24) is 5.32 Å². The van der Waals surface area contributed by atoms with Gasteiger partial charge in [0, 0.05) is 10.1 Å². The lowest BCUT2D eigenvalue weighted by molar-refractivity contribution is 0.0951. The number of nitrogens with one attached hydrogen (secondary N) is 1. The molecule has 20 heavy (non-hydrogen) atoms. The van der Waals surface area contributed by atoms with Gasteiger partial charge in [-0.25, -0.2) is 4.39 Å². The first-order valence-electron chi connectivity index (χ1n) is 6.08. The lowest BCUT2D eigenvalue weighted by atomic mass is 10.1. The zero-order chi connectivity index (χ0) is 14.5. The number of rotatable bonds is 4. The Hall–Kier alpha value is -1.63. The number of hydrogen-bond acceptors (Lipinski definition) is 2. The summed E-state index contributed by atoms with van der Waals surface area (Å²) >= 11 is 2.07. The second-order valence-corrected chi connectivity index (χ2v) is 5.50. The molecular weight excluding hydrogens is 372 g/mol. The standard InChI is InChI=1S/C15H13FINO2/c16-13-4-2-1-3-10(13)7-8-18-15(20)12-9-11(17)5-6-14(12)19/h1-6,9,19H,7-8H2,(H,18,20). The van der Waals surface area contributed by atoms with Gasteiger partial charge < -0.3 is 10.4 Å². The van der Waals surface area contributed by atoms with Crippen molar-refractivity contribution in [1.29, 1.82) is 0 Å². The minimum atomic E-state index is -0.364. The zero-order valence-electron chi connectivity index (χ0n) is 10.6. The highest BCUT2D eigenvalue weighted by Gasteiger charge is 2.11. The number of amides is 1. The number of carbonyl (C=O) groups excluding carboxylic acids is 1. The van der Waals surface area contributed by atoms with Gasteiger partial charge in [0.25, 0.3) is 5.91 Å². The third kappa shape index (κ3) is 3.69. The van der Waals surface area contributed by atoms with Gasteiger partial charge in [-0.05, 0) is 58.8 Å². The predicted octanol–water partition coefficient (Wildman–Crippen LogP) is 3.11. The van der Waals surface area contributed by atoms with Crippen LogP contribution in [0, 0.1) is 9.39 Å². The molecule has 0 aliphatic carbocycles. The van der Waals surface area contributed by atoms with Gasteiger partial charge in [0.2, 0.25) is 0 Å². The molecule has 0 unspecified atom stereocenters. The summed E-state index contributed by atoms with van der Waals surface area (Å²) in [7, 11) is 0. The summed E-state index contributed by atoms with van der Waals surface area (Å²) in [4.78, 5) is 11.9. The second-order valence-electron chi connectivity index (χ2n) is 4.26. The second kappa shape index (κ2) is 6.69. The van der Waals surface area contributed by atoms with Crippen LogP contribution in [0.2, 0.25) is 0 Å². The molecule has 0 radical (unpaired) electrons. The highest BCUT2D eigenvalue weighted by molar-refractivity contribution is 14.1. The third-order valence-corrected chi connectivity index (χ3v) is 3.51. The third-order valence-electron chi connectivity index (χ3n) is 2.84. The molecule has 0 bridgehead atoms. The smallest absolute Gasteiger partial charge is 0.255 e. The minimum absolute atomic E-state index is 0.0613. The summed E-state index contributed by atoms with van der Waals surface area (Å²) in [5.74, 6) is -0.704. The molecular formula is C15H13FINO2. The van der Waals surface area contributed by atoms with E-state index in [1.54, 1.807) is 30.3 Å². The summed E-state index contributed by atoms with van der Waals surface area (Å²) < 4.78 is 14.3. The Morgan fingerprint density at radius 2 is 2.00 bits per heavy atom. The van der Waals surface area contributed by atoms with Crippen molar-refractivity contribution in [3.05, 3.63) is 63.0 Å². The normalized spacial score (nSPS) is 10.3. The lowest BCUT2D eigenvalue weighted by Gasteiger charge is -2.08. The highest BCUT2D eigenvalue weighted by Crippen LogP contribution is 2.19. The lowest BCUT2D eigenvalue weighted by Crippen LogP contribution is -2.26. The van der Waals surface area contributed by atoms with Crippen LogP contribution in [0.1, 0.15) is 15.9 Å². The molecule has 0 saturated carbocycles. The fourth-order valence-electron chi connectivity index (χ4n) is 1.80. The van der Waals surface area contributed by atoms with E-state index in [0.29, 0.717) is 18.5 Å². The van der Waals surface area contributed by atoms with Gasteiger partial charge in [0.15, 0.2) is 0 Å². The van der Waals surface area contributed by atoms with E-state index in [-0.39, 0.29) is 23.0 Å². The zero-order valence-corrected chi connectivity index (χ0v) is 12.7. The van der Waals surface area contributed by atoms with Crippen LogP contribution in [-0.2, 0) is 6.42 Å². The first-order chi connectivity index (χ1) is 9.58. The SMILES string of the molecule is O=C(NCCc1ccccc1F)c1cc(I)ccc1O. The maximum Gasteiger partial charge on any atom is 0.255 e. The molecule has 3 nitrogen and oxygen atoms in total. The van der Waals surface area contributed by atoms with E-state index in [0.717, 1.165) is 3.57 Å². The van der Waals surface area contributed by atoms with Gasteiger partial charge in [-0.3, -0.25) is 4.79 Å². The highest BCUT2D eigenvalue weighted by atomic mass is 127. The van der Waals surface area contributed by atoms with Crippen molar-refractivity contribution >= 4 is 28.5 Å². The topological polar surface area (TPSA) is 49.3 Å². The molecule has 0 aliphatic heterocycles. The number of benzene rings is 2. The molecule has 0 heterocycles. The molecule has 0 aromatic heterocycles. The van der Waals surface area contributed by atoms with Crippen LogP contribution in [0.25, 0.3) is 0 Å². The summed E-state index contributed by atoms with van der Waals surface area (Å²) in [5, 5.41) is 12.3. The molecule has 0 aliphatic rings. The van der Waals surface area contributed by atoms with E-state index in [4.69, 9.17) is 0 Å². The maximum atomic E-state index is 13.4. The van der Waals surface area contributed by atoms with Crippen LogP contribution in [0.4, 0.5) is 4.39 Å². The van der Waals surface area contributed by atoms with Crippen molar-refractivity contribution in [3.63, 3.8) is 0 Å². The largest absolute Gasteiger partial charge is 0.507 e. The molecule has 1 amide bonds. The van der Waals surface area contributed by atoms with Crippen molar-refractivity contribution < 1.29 is 14.3 Å².